The summed E-state index contributed by atoms with van der Waals surface area (Å²) in [6.45, 7) is 0. The van der Waals surface area contributed by atoms with Gasteiger partial charge in [-0.2, -0.15) is 0 Å². The summed E-state index contributed by atoms with van der Waals surface area (Å²) in [6.07, 6.45) is 1.44. The molecule has 0 bridgehead atoms. The number of aromatic nitrogens is 1. The molecule has 0 radical (unpaired) electrons. The summed E-state index contributed by atoms with van der Waals surface area (Å²) in [6, 6.07) is 10.00. The summed E-state index contributed by atoms with van der Waals surface area (Å²) in [4.78, 5) is 3.73. The third-order valence-electron chi connectivity index (χ3n) is 2.01. The van der Waals surface area contributed by atoms with Crippen molar-refractivity contribution in [2.24, 2.45) is 0 Å². The highest BCUT2D eigenvalue weighted by molar-refractivity contribution is 14.1. The molecule has 4 nitrogen and oxygen atoms in total. The number of rotatable bonds is 3. The lowest BCUT2D eigenvalue weighted by Crippen LogP contribution is -1.97. The van der Waals surface area contributed by atoms with E-state index < -0.39 is 9.05 Å². The van der Waals surface area contributed by atoms with Crippen LogP contribution in [0.1, 0.15) is 0 Å². The number of halogens is 2. The standard InChI is InChI=1S/C11H7ClINO3S/c12-18(15,16)10-5-2-6-14-11(10)17-9-4-1-3-8(13)7-9/h1-7H. The van der Waals surface area contributed by atoms with E-state index >= 15 is 0 Å². The second-order valence-corrected chi connectivity index (χ2v) is 7.08. The molecule has 0 N–H and O–H groups in total. The van der Waals surface area contributed by atoms with Crippen molar-refractivity contribution in [3.63, 3.8) is 0 Å². The molecule has 0 spiro atoms. The van der Waals surface area contributed by atoms with Crippen LogP contribution >= 0.6 is 33.3 Å². The van der Waals surface area contributed by atoms with Gasteiger partial charge in [0.25, 0.3) is 9.05 Å². The van der Waals surface area contributed by atoms with Crippen LogP contribution in [0.4, 0.5) is 0 Å². The van der Waals surface area contributed by atoms with Crippen LogP contribution < -0.4 is 4.74 Å². The van der Waals surface area contributed by atoms with Crippen LogP contribution in [0.15, 0.2) is 47.5 Å². The van der Waals surface area contributed by atoms with E-state index in [1.165, 1.54) is 18.3 Å². The maximum atomic E-state index is 11.4. The third-order valence-corrected chi connectivity index (χ3v) is 4.02. The lowest BCUT2D eigenvalue weighted by molar-refractivity contribution is 0.447. The first-order valence-electron chi connectivity index (χ1n) is 4.80. The molecule has 2 aromatic rings. The van der Waals surface area contributed by atoms with Gasteiger partial charge in [-0.05, 0) is 52.9 Å². The molecule has 1 aromatic heterocycles. The van der Waals surface area contributed by atoms with E-state index in [9.17, 15) is 8.42 Å². The third kappa shape index (κ3) is 3.33. The monoisotopic (exact) mass is 395 g/mol. The van der Waals surface area contributed by atoms with Crippen molar-refractivity contribution in [3.05, 3.63) is 46.2 Å². The molecule has 0 unspecified atom stereocenters. The highest BCUT2D eigenvalue weighted by Gasteiger charge is 2.18. The molecule has 94 valence electrons. The Morgan fingerprint density at radius 1 is 1.22 bits per heavy atom. The first-order chi connectivity index (χ1) is 8.47. The van der Waals surface area contributed by atoms with Crippen molar-refractivity contribution in [3.8, 4) is 11.6 Å². The quantitative estimate of drug-likeness (QED) is 0.590. The van der Waals surface area contributed by atoms with E-state index in [-0.39, 0.29) is 10.8 Å². The van der Waals surface area contributed by atoms with E-state index in [1.54, 1.807) is 18.2 Å². The fraction of sp³-hybridized carbons (Fsp3) is 0. The molecule has 0 amide bonds. The summed E-state index contributed by atoms with van der Waals surface area (Å²) in [5.41, 5.74) is 0. The van der Waals surface area contributed by atoms with Crippen molar-refractivity contribution in [2.45, 2.75) is 4.90 Å². The first kappa shape index (κ1) is 13.6. The smallest absolute Gasteiger partial charge is 0.266 e. The predicted molar refractivity (Wildman–Crippen MR) is 76.5 cm³/mol. The van der Waals surface area contributed by atoms with E-state index in [1.807, 2.05) is 6.07 Å². The minimum absolute atomic E-state index is 0.0329. The Hall–Kier alpha value is -0.860. The van der Waals surface area contributed by atoms with Crippen molar-refractivity contribution in [1.29, 1.82) is 0 Å². The summed E-state index contributed by atoms with van der Waals surface area (Å²) in [5, 5.41) is 0. The number of pyridine rings is 1. The van der Waals surface area contributed by atoms with Gasteiger partial charge in [0, 0.05) is 20.4 Å². The van der Waals surface area contributed by atoms with Crippen LogP contribution in [0.25, 0.3) is 0 Å². The van der Waals surface area contributed by atoms with Crippen LogP contribution in [0.5, 0.6) is 11.6 Å². The van der Waals surface area contributed by atoms with Gasteiger partial charge in [0.1, 0.15) is 10.6 Å². The highest BCUT2D eigenvalue weighted by atomic mass is 127. The maximum Gasteiger partial charge on any atom is 0.266 e. The number of ether oxygens (including phenoxy) is 1. The minimum Gasteiger partial charge on any atom is -0.438 e. The molecule has 1 heterocycles. The zero-order chi connectivity index (χ0) is 13.2. The molecule has 0 aliphatic carbocycles. The maximum absolute atomic E-state index is 11.4. The van der Waals surface area contributed by atoms with Gasteiger partial charge in [0.15, 0.2) is 0 Å². The topological polar surface area (TPSA) is 56.3 Å². The lowest BCUT2D eigenvalue weighted by Gasteiger charge is -2.07. The molecule has 0 saturated heterocycles. The molecule has 7 heteroatoms. The molecule has 0 saturated carbocycles. The largest absolute Gasteiger partial charge is 0.438 e. The number of hydrogen-bond acceptors (Lipinski definition) is 4. The van der Waals surface area contributed by atoms with Crippen LogP contribution in [-0.2, 0) is 9.05 Å². The molecule has 0 aliphatic heterocycles. The normalized spacial score (nSPS) is 11.2. The molecule has 0 atom stereocenters. The van der Waals surface area contributed by atoms with Gasteiger partial charge in [-0.1, -0.05) is 6.07 Å². The predicted octanol–water partition coefficient (Wildman–Crippen LogP) is 3.41. The average Bonchev–Trinajstić information content (AvgIpc) is 2.28. The van der Waals surface area contributed by atoms with Gasteiger partial charge >= 0.3 is 0 Å². The highest BCUT2D eigenvalue weighted by Crippen LogP contribution is 2.28. The second kappa shape index (κ2) is 5.41. The van der Waals surface area contributed by atoms with Gasteiger partial charge in [0.05, 0.1) is 0 Å². The van der Waals surface area contributed by atoms with Crippen molar-refractivity contribution >= 4 is 42.3 Å². The molecule has 0 fully saturated rings. The Bertz CT molecular complexity index is 675. The lowest BCUT2D eigenvalue weighted by atomic mass is 10.3. The molecule has 1 aromatic carbocycles. The van der Waals surface area contributed by atoms with Crippen molar-refractivity contribution in [2.75, 3.05) is 0 Å². The zero-order valence-electron chi connectivity index (χ0n) is 8.88. The number of hydrogen-bond donors (Lipinski definition) is 0. The van der Waals surface area contributed by atoms with E-state index in [0.717, 1.165) is 3.57 Å². The SMILES string of the molecule is O=S(=O)(Cl)c1cccnc1Oc1cccc(I)c1. The Labute approximate surface area is 123 Å². The molecule has 0 aliphatic rings. The average molecular weight is 396 g/mol. The van der Waals surface area contributed by atoms with Crippen LogP contribution in [0.2, 0.25) is 0 Å². The zero-order valence-corrected chi connectivity index (χ0v) is 12.6. The Kier molecular flexibility index (Phi) is 4.08. The van der Waals surface area contributed by atoms with E-state index in [0.29, 0.717) is 5.75 Å². The van der Waals surface area contributed by atoms with Crippen molar-refractivity contribution < 1.29 is 13.2 Å². The Balaban J connectivity index is 2.41. The fourth-order valence-corrected chi connectivity index (χ4v) is 2.69. The summed E-state index contributed by atoms with van der Waals surface area (Å²) >= 11 is 2.13. The molecule has 18 heavy (non-hydrogen) atoms. The Morgan fingerprint density at radius 3 is 2.67 bits per heavy atom. The summed E-state index contributed by atoms with van der Waals surface area (Å²) in [7, 11) is 1.43. The number of nitrogens with zero attached hydrogens (tertiary/aromatic N) is 1. The van der Waals surface area contributed by atoms with Gasteiger partial charge in [-0.25, -0.2) is 13.4 Å². The summed E-state index contributed by atoms with van der Waals surface area (Å²) < 4.78 is 29.1. The van der Waals surface area contributed by atoms with Gasteiger partial charge < -0.3 is 4.74 Å². The van der Waals surface area contributed by atoms with Crippen LogP contribution in [-0.4, -0.2) is 13.4 Å². The van der Waals surface area contributed by atoms with Gasteiger partial charge in [0.2, 0.25) is 5.88 Å². The second-order valence-electron chi connectivity index (χ2n) is 3.30. The summed E-state index contributed by atoms with van der Waals surface area (Å²) in [5.74, 6) is 0.469. The van der Waals surface area contributed by atoms with Gasteiger partial charge in [-0.15, -0.1) is 0 Å². The fourth-order valence-electron chi connectivity index (χ4n) is 1.28. The molecular weight excluding hydrogens is 389 g/mol. The van der Waals surface area contributed by atoms with E-state index in [4.69, 9.17) is 15.4 Å². The minimum atomic E-state index is -3.88. The molecule has 2 rings (SSSR count). The van der Waals surface area contributed by atoms with E-state index in [2.05, 4.69) is 27.6 Å². The van der Waals surface area contributed by atoms with Crippen LogP contribution in [0, 0.1) is 3.57 Å². The Morgan fingerprint density at radius 2 is 2.00 bits per heavy atom. The van der Waals surface area contributed by atoms with Crippen LogP contribution in [0.3, 0.4) is 0 Å². The van der Waals surface area contributed by atoms with Crippen molar-refractivity contribution in [1.82, 2.24) is 4.98 Å². The van der Waals surface area contributed by atoms with Gasteiger partial charge in [-0.3, -0.25) is 0 Å². The molecular formula is C11H7ClINO3S. The first-order valence-corrected chi connectivity index (χ1v) is 8.19. The number of benzene rings is 1.